The molecule has 0 radical (unpaired) electrons. The van der Waals surface area contributed by atoms with Crippen molar-refractivity contribution in [2.24, 2.45) is 0 Å². The summed E-state index contributed by atoms with van der Waals surface area (Å²) in [6, 6.07) is 1.95. The molecule has 0 saturated carbocycles. The number of pyridine rings is 1. The van der Waals surface area contributed by atoms with Crippen molar-refractivity contribution in [2.45, 2.75) is 26.9 Å². The molecular formula is C10H16N2O. The molecule has 13 heavy (non-hydrogen) atoms. The second kappa shape index (κ2) is 4.82. The van der Waals surface area contributed by atoms with Gasteiger partial charge in [0.2, 0.25) is 0 Å². The molecule has 0 aliphatic heterocycles. The summed E-state index contributed by atoms with van der Waals surface area (Å²) in [7, 11) is 0. The topological polar surface area (TPSA) is 48.1 Å². The Bertz CT molecular complexity index is 253. The van der Waals surface area contributed by atoms with Gasteiger partial charge in [0.15, 0.2) is 0 Å². The van der Waals surface area contributed by atoms with Gasteiger partial charge in [0.25, 0.3) is 0 Å². The summed E-state index contributed by atoms with van der Waals surface area (Å²) in [5.41, 5.74) is 7.86. The highest BCUT2D eigenvalue weighted by atomic mass is 16.5. The summed E-state index contributed by atoms with van der Waals surface area (Å²) >= 11 is 0. The van der Waals surface area contributed by atoms with Gasteiger partial charge >= 0.3 is 0 Å². The Hall–Kier alpha value is -1.09. The largest absolute Gasteiger partial charge is 0.383 e. The molecule has 3 heteroatoms. The first kappa shape index (κ1) is 9.99. The fraction of sp³-hybridized carbons (Fsp3) is 0.500. The summed E-state index contributed by atoms with van der Waals surface area (Å²) in [6.07, 6.45) is 2.74. The van der Waals surface area contributed by atoms with Crippen molar-refractivity contribution in [1.82, 2.24) is 4.98 Å². The van der Waals surface area contributed by atoms with Crippen molar-refractivity contribution in [1.29, 1.82) is 0 Å². The second-order valence-electron chi connectivity index (χ2n) is 3.04. The number of aryl methyl sites for hydroxylation is 1. The van der Waals surface area contributed by atoms with Crippen molar-refractivity contribution in [3.63, 3.8) is 0 Å². The summed E-state index contributed by atoms with van der Waals surface area (Å²) in [5, 5.41) is 0. The highest BCUT2D eigenvalue weighted by Crippen LogP contribution is 2.14. The van der Waals surface area contributed by atoms with Gasteiger partial charge in [-0.1, -0.05) is 6.92 Å². The Balaban J connectivity index is 2.64. The third-order valence-corrected chi connectivity index (χ3v) is 1.92. The Labute approximate surface area is 78.9 Å². The number of hydrogen-bond acceptors (Lipinski definition) is 3. The molecule has 1 aromatic rings. The van der Waals surface area contributed by atoms with Crippen LogP contribution in [0.1, 0.15) is 24.5 Å². The lowest BCUT2D eigenvalue weighted by Gasteiger charge is -2.08. The number of rotatable bonds is 4. The standard InChI is InChI=1S/C10H16N2O/c1-3-6-13-7-9-8(2)4-5-12-10(9)11/h4-5H,3,6-7H2,1-2H3,(H2,11,12). The predicted molar refractivity (Wildman–Crippen MR) is 53.3 cm³/mol. The van der Waals surface area contributed by atoms with Crippen LogP contribution < -0.4 is 5.73 Å². The quantitative estimate of drug-likeness (QED) is 0.720. The highest BCUT2D eigenvalue weighted by Gasteiger charge is 2.02. The third-order valence-electron chi connectivity index (χ3n) is 1.92. The van der Waals surface area contributed by atoms with Gasteiger partial charge in [-0.05, 0) is 25.0 Å². The Morgan fingerprint density at radius 1 is 1.54 bits per heavy atom. The van der Waals surface area contributed by atoms with Crippen molar-refractivity contribution in [3.8, 4) is 0 Å². The first-order valence-corrected chi connectivity index (χ1v) is 4.53. The van der Waals surface area contributed by atoms with E-state index < -0.39 is 0 Å². The SMILES string of the molecule is CCCOCc1c(C)ccnc1N. The number of nitrogen functional groups attached to an aromatic ring is 1. The molecule has 1 aromatic heterocycles. The van der Waals surface area contributed by atoms with Gasteiger partial charge in [-0.15, -0.1) is 0 Å². The molecule has 0 bridgehead atoms. The van der Waals surface area contributed by atoms with E-state index in [0.29, 0.717) is 12.4 Å². The molecule has 1 heterocycles. The van der Waals surface area contributed by atoms with Gasteiger partial charge in [-0.2, -0.15) is 0 Å². The number of ether oxygens (including phenoxy) is 1. The van der Waals surface area contributed by atoms with Crippen LogP contribution in [0.15, 0.2) is 12.3 Å². The van der Waals surface area contributed by atoms with Crippen LogP contribution in [-0.2, 0) is 11.3 Å². The normalized spacial score (nSPS) is 10.3. The Morgan fingerprint density at radius 3 is 2.92 bits per heavy atom. The maximum Gasteiger partial charge on any atom is 0.129 e. The lowest BCUT2D eigenvalue weighted by Crippen LogP contribution is -2.03. The van der Waals surface area contributed by atoms with Crippen LogP contribution >= 0.6 is 0 Å². The molecule has 0 aliphatic carbocycles. The first-order valence-electron chi connectivity index (χ1n) is 4.53. The van der Waals surface area contributed by atoms with Crippen LogP contribution in [0.3, 0.4) is 0 Å². The average Bonchev–Trinajstić information content (AvgIpc) is 2.10. The molecule has 0 unspecified atom stereocenters. The molecular weight excluding hydrogens is 164 g/mol. The van der Waals surface area contributed by atoms with E-state index >= 15 is 0 Å². The lowest BCUT2D eigenvalue weighted by molar-refractivity contribution is 0.121. The fourth-order valence-electron chi connectivity index (χ4n) is 1.12. The van der Waals surface area contributed by atoms with E-state index in [9.17, 15) is 0 Å². The van der Waals surface area contributed by atoms with Gasteiger partial charge in [0.05, 0.1) is 6.61 Å². The van der Waals surface area contributed by atoms with E-state index in [2.05, 4.69) is 11.9 Å². The van der Waals surface area contributed by atoms with Crippen LogP contribution in [0.5, 0.6) is 0 Å². The second-order valence-corrected chi connectivity index (χ2v) is 3.04. The fourth-order valence-corrected chi connectivity index (χ4v) is 1.12. The monoisotopic (exact) mass is 180 g/mol. The van der Waals surface area contributed by atoms with Gasteiger partial charge in [0.1, 0.15) is 5.82 Å². The zero-order valence-corrected chi connectivity index (χ0v) is 8.21. The summed E-state index contributed by atoms with van der Waals surface area (Å²) < 4.78 is 5.41. The summed E-state index contributed by atoms with van der Waals surface area (Å²) in [4.78, 5) is 4.02. The van der Waals surface area contributed by atoms with Crippen molar-refractivity contribution >= 4 is 5.82 Å². The zero-order valence-electron chi connectivity index (χ0n) is 8.21. The van der Waals surface area contributed by atoms with Crippen LogP contribution in [0, 0.1) is 6.92 Å². The average molecular weight is 180 g/mol. The molecule has 0 fully saturated rings. The van der Waals surface area contributed by atoms with Crippen LogP contribution in [0.4, 0.5) is 5.82 Å². The minimum absolute atomic E-state index is 0.569. The Morgan fingerprint density at radius 2 is 2.31 bits per heavy atom. The Kier molecular flexibility index (Phi) is 3.71. The maximum atomic E-state index is 5.71. The van der Waals surface area contributed by atoms with Crippen molar-refractivity contribution in [2.75, 3.05) is 12.3 Å². The number of aromatic nitrogens is 1. The molecule has 3 nitrogen and oxygen atoms in total. The molecule has 72 valence electrons. The molecule has 0 aliphatic rings. The van der Waals surface area contributed by atoms with Gasteiger partial charge in [-0.25, -0.2) is 4.98 Å². The first-order chi connectivity index (χ1) is 6.25. The highest BCUT2D eigenvalue weighted by molar-refractivity contribution is 5.43. The molecule has 1 rings (SSSR count). The predicted octanol–water partition coefficient (Wildman–Crippen LogP) is 1.90. The van der Waals surface area contributed by atoms with E-state index in [1.807, 2.05) is 13.0 Å². The smallest absolute Gasteiger partial charge is 0.129 e. The molecule has 2 N–H and O–H groups in total. The summed E-state index contributed by atoms with van der Waals surface area (Å²) in [5.74, 6) is 0.580. The van der Waals surface area contributed by atoms with Crippen LogP contribution in [-0.4, -0.2) is 11.6 Å². The molecule has 0 amide bonds. The van der Waals surface area contributed by atoms with E-state index in [-0.39, 0.29) is 0 Å². The third kappa shape index (κ3) is 2.70. The van der Waals surface area contributed by atoms with E-state index in [4.69, 9.17) is 10.5 Å². The van der Waals surface area contributed by atoms with Gasteiger partial charge < -0.3 is 10.5 Å². The lowest BCUT2D eigenvalue weighted by atomic mass is 10.1. The van der Waals surface area contributed by atoms with Crippen LogP contribution in [0.25, 0.3) is 0 Å². The minimum Gasteiger partial charge on any atom is -0.383 e. The molecule has 0 saturated heterocycles. The van der Waals surface area contributed by atoms with E-state index in [1.54, 1.807) is 6.20 Å². The molecule has 0 spiro atoms. The minimum atomic E-state index is 0.569. The van der Waals surface area contributed by atoms with E-state index in [0.717, 1.165) is 24.2 Å². The molecule has 0 aromatic carbocycles. The van der Waals surface area contributed by atoms with Crippen molar-refractivity contribution in [3.05, 3.63) is 23.4 Å². The van der Waals surface area contributed by atoms with Gasteiger partial charge in [0, 0.05) is 18.4 Å². The van der Waals surface area contributed by atoms with E-state index in [1.165, 1.54) is 0 Å². The van der Waals surface area contributed by atoms with Crippen molar-refractivity contribution < 1.29 is 4.74 Å². The summed E-state index contributed by atoms with van der Waals surface area (Å²) in [6.45, 7) is 5.44. The van der Waals surface area contributed by atoms with Gasteiger partial charge in [-0.3, -0.25) is 0 Å². The number of nitrogens with two attached hydrogens (primary N) is 1. The zero-order chi connectivity index (χ0) is 9.68. The number of anilines is 1. The molecule has 0 atom stereocenters. The number of hydrogen-bond donors (Lipinski definition) is 1. The maximum absolute atomic E-state index is 5.71. The number of nitrogens with zero attached hydrogens (tertiary/aromatic N) is 1. The van der Waals surface area contributed by atoms with Crippen LogP contribution in [0.2, 0.25) is 0 Å².